The second-order valence-corrected chi connectivity index (χ2v) is 6.31. The van der Waals surface area contributed by atoms with E-state index >= 15 is 0 Å². The molecule has 1 aromatic carbocycles. The minimum atomic E-state index is -0.862. The molecule has 1 rings (SSSR count). The van der Waals surface area contributed by atoms with Crippen LogP contribution in [0, 0.1) is 0 Å². The molecule has 0 heterocycles. The Balaban J connectivity index is 2.79. The second-order valence-electron chi connectivity index (χ2n) is 5.90. The van der Waals surface area contributed by atoms with Gasteiger partial charge < -0.3 is 19.5 Å². The van der Waals surface area contributed by atoms with Crippen molar-refractivity contribution in [1.82, 2.24) is 5.32 Å². The zero-order chi connectivity index (χ0) is 19.7. The van der Waals surface area contributed by atoms with Crippen LogP contribution in [0.25, 0.3) is 6.08 Å². The lowest BCUT2D eigenvalue weighted by Gasteiger charge is -2.15. The summed E-state index contributed by atoms with van der Waals surface area (Å²) in [5.74, 6) is -0.0353. The van der Waals surface area contributed by atoms with Crippen molar-refractivity contribution in [3.05, 3.63) is 28.8 Å². The molecule has 26 heavy (non-hydrogen) atoms. The van der Waals surface area contributed by atoms with Crippen molar-refractivity contribution in [2.75, 3.05) is 13.7 Å². The molecule has 1 N–H and O–H groups in total. The zero-order valence-electron chi connectivity index (χ0n) is 15.8. The molecule has 7 heteroatoms. The number of hydrogen-bond acceptors (Lipinski definition) is 5. The van der Waals surface area contributed by atoms with E-state index in [9.17, 15) is 9.59 Å². The highest BCUT2D eigenvalue weighted by atomic mass is 35.5. The molecule has 144 valence electrons. The molecule has 0 saturated heterocycles. The van der Waals surface area contributed by atoms with Crippen molar-refractivity contribution >= 4 is 29.6 Å². The van der Waals surface area contributed by atoms with Gasteiger partial charge in [0.1, 0.15) is 0 Å². The summed E-state index contributed by atoms with van der Waals surface area (Å²) in [7, 11) is 1.51. The number of rotatable bonds is 9. The molecule has 1 atom stereocenters. The van der Waals surface area contributed by atoms with Gasteiger partial charge in [0.15, 0.2) is 17.6 Å². The van der Waals surface area contributed by atoms with Crippen molar-refractivity contribution in [3.8, 4) is 11.5 Å². The van der Waals surface area contributed by atoms with Gasteiger partial charge in [-0.3, -0.25) is 4.79 Å². The molecule has 0 aromatic heterocycles. The Hall–Kier alpha value is -2.21. The van der Waals surface area contributed by atoms with Gasteiger partial charge in [-0.1, -0.05) is 18.5 Å². The van der Waals surface area contributed by atoms with Crippen LogP contribution in [-0.2, 0) is 14.3 Å². The summed E-state index contributed by atoms with van der Waals surface area (Å²) < 4.78 is 16.0. The highest BCUT2D eigenvalue weighted by molar-refractivity contribution is 6.32. The highest BCUT2D eigenvalue weighted by Crippen LogP contribution is 2.37. The number of halogens is 1. The fraction of sp³-hybridized carbons (Fsp3) is 0.474. The first-order valence-corrected chi connectivity index (χ1v) is 8.86. The van der Waals surface area contributed by atoms with Crippen LogP contribution in [0.15, 0.2) is 18.2 Å². The fourth-order valence-corrected chi connectivity index (χ4v) is 2.27. The molecule has 1 amide bonds. The maximum absolute atomic E-state index is 11.9. The van der Waals surface area contributed by atoms with Crippen molar-refractivity contribution in [1.29, 1.82) is 0 Å². The smallest absolute Gasteiger partial charge is 0.331 e. The third-order valence-corrected chi connectivity index (χ3v) is 3.51. The van der Waals surface area contributed by atoms with Gasteiger partial charge in [-0.2, -0.15) is 0 Å². The van der Waals surface area contributed by atoms with E-state index in [1.807, 2.05) is 20.8 Å². The lowest BCUT2D eigenvalue weighted by Crippen LogP contribution is -2.35. The lowest BCUT2D eigenvalue weighted by molar-refractivity contribution is -0.150. The highest BCUT2D eigenvalue weighted by Gasteiger charge is 2.16. The van der Waals surface area contributed by atoms with Crippen LogP contribution in [0.4, 0.5) is 0 Å². The van der Waals surface area contributed by atoms with E-state index in [2.05, 4.69) is 5.32 Å². The van der Waals surface area contributed by atoms with Crippen LogP contribution in [0.3, 0.4) is 0 Å². The van der Waals surface area contributed by atoms with E-state index in [0.717, 1.165) is 6.42 Å². The number of carbonyl (C=O) groups excluding carboxylic acids is 2. The summed E-state index contributed by atoms with van der Waals surface area (Å²) in [6, 6.07) is 3.35. The Labute approximate surface area is 159 Å². The van der Waals surface area contributed by atoms with E-state index in [4.69, 9.17) is 25.8 Å². The number of benzene rings is 1. The van der Waals surface area contributed by atoms with E-state index in [1.165, 1.54) is 26.2 Å². The SMILES string of the molecule is CCCNC(=O)[C@@H](C)OC(=O)/C=C/c1cc(Cl)c(OC(C)C)c(OC)c1. The molecular formula is C19H26ClNO5. The summed E-state index contributed by atoms with van der Waals surface area (Å²) in [4.78, 5) is 23.6. The van der Waals surface area contributed by atoms with Crippen molar-refractivity contribution < 1.29 is 23.8 Å². The minimum absolute atomic E-state index is 0.0573. The summed E-state index contributed by atoms with van der Waals surface area (Å²) in [5, 5.41) is 3.04. The molecule has 6 nitrogen and oxygen atoms in total. The van der Waals surface area contributed by atoms with Gasteiger partial charge >= 0.3 is 5.97 Å². The van der Waals surface area contributed by atoms with E-state index in [-0.39, 0.29) is 12.0 Å². The molecule has 0 bridgehead atoms. The molecular weight excluding hydrogens is 358 g/mol. The number of ether oxygens (including phenoxy) is 3. The summed E-state index contributed by atoms with van der Waals surface area (Å²) in [6.45, 7) is 7.78. The van der Waals surface area contributed by atoms with Crippen molar-refractivity contribution in [3.63, 3.8) is 0 Å². The molecule has 0 spiro atoms. The van der Waals surface area contributed by atoms with Crippen LogP contribution in [0.2, 0.25) is 5.02 Å². The second kappa shape index (κ2) is 10.7. The zero-order valence-corrected chi connectivity index (χ0v) is 16.6. The Morgan fingerprint density at radius 1 is 1.27 bits per heavy atom. The minimum Gasteiger partial charge on any atom is -0.493 e. The van der Waals surface area contributed by atoms with Crippen molar-refractivity contribution in [2.24, 2.45) is 0 Å². The van der Waals surface area contributed by atoms with Gasteiger partial charge in [-0.15, -0.1) is 0 Å². The monoisotopic (exact) mass is 383 g/mol. The van der Waals surface area contributed by atoms with E-state index in [0.29, 0.717) is 28.6 Å². The average Bonchev–Trinajstić information content (AvgIpc) is 2.59. The van der Waals surface area contributed by atoms with Gasteiger partial charge in [-0.05, 0) is 51.0 Å². The fourth-order valence-electron chi connectivity index (χ4n) is 2.01. The van der Waals surface area contributed by atoms with Gasteiger partial charge in [-0.25, -0.2) is 4.79 Å². The van der Waals surface area contributed by atoms with Crippen LogP contribution < -0.4 is 14.8 Å². The number of hydrogen-bond donors (Lipinski definition) is 1. The molecule has 0 unspecified atom stereocenters. The summed E-state index contributed by atoms with van der Waals surface area (Å²) in [5.41, 5.74) is 0.642. The first-order chi connectivity index (χ1) is 12.3. The Morgan fingerprint density at radius 2 is 1.96 bits per heavy atom. The number of esters is 1. The third kappa shape index (κ3) is 6.96. The van der Waals surface area contributed by atoms with Gasteiger partial charge in [0, 0.05) is 12.6 Å². The van der Waals surface area contributed by atoms with Crippen LogP contribution in [0.1, 0.15) is 39.7 Å². The van der Waals surface area contributed by atoms with Crippen LogP contribution >= 0.6 is 11.6 Å². The normalized spacial score (nSPS) is 12.1. The molecule has 0 aliphatic heterocycles. The topological polar surface area (TPSA) is 73.9 Å². The number of nitrogens with one attached hydrogen (secondary N) is 1. The van der Waals surface area contributed by atoms with Crippen molar-refractivity contribution in [2.45, 2.75) is 46.3 Å². The summed E-state index contributed by atoms with van der Waals surface area (Å²) >= 11 is 6.24. The number of amides is 1. The number of methoxy groups -OCH3 is 1. The Morgan fingerprint density at radius 3 is 2.54 bits per heavy atom. The quantitative estimate of drug-likeness (QED) is 0.521. The van der Waals surface area contributed by atoms with Gasteiger partial charge in [0.25, 0.3) is 5.91 Å². The maximum atomic E-state index is 11.9. The van der Waals surface area contributed by atoms with Gasteiger partial charge in [0.2, 0.25) is 0 Å². The summed E-state index contributed by atoms with van der Waals surface area (Å²) in [6.07, 6.45) is 2.66. The lowest BCUT2D eigenvalue weighted by atomic mass is 10.2. The molecule has 0 fully saturated rings. The molecule has 1 aromatic rings. The predicted octanol–water partition coefficient (Wildman–Crippen LogP) is 3.61. The van der Waals surface area contributed by atoms with E-state index < -0.39 is 12.1 Å². The first-order valence-electron chi connectivity index (χ1n) is 8.49. The first kappa shape index (κ1) is 21.8. The Kier molecular flexibility index (Phi) is 8.99. The third-order valence-electron chi connectivity index (χ3n) is 3.23. The Bertz CT molecular complexity index is 658. The number of carbonyl (C=O) groups is 2. The van der Waals surface area contributed by atoms with Crippen LogP contribution in [0.5, 0.6) is 11.5 Å². The van der Waals surface area contributed by atoms with E-state index in [1.54, 1.807) is 12.1 Å². The molecule has 0 aliphatic rings. The largest absolute Gasteiger partial charge is 0.493 e. The van der Waals surface area contributed by atoms with Gasteiger partial charge in [0.05, 0.1) is 18.2 Å². The standard InChI is InChI=1S/C19H26ClNO5/c1-6-9-21-19(23)13(4)26-17(22)8-7-14-10-15(20)18(25-12(2)3)16(11-14)24-5/h7-8,10-13H,6,9H2,1-5H3,(H,21,23)/b8-7+/t13-/m1/s1. The molecule has 0 radical (unpaired) electrons. The predicted molar refractivity (Wildman–Crippen MR) is 102 cm³/mol. The molecule has 0 saturated carbocycles. The molecule has 0 aliphatic carbocycles. The van der Waals surface area contributed by atoms with Crippen LogP contribution in [-0.4, -0.2) is 37.7 Å². The average molecular weight is 384 g/mol. The maximum Gasteiger partial charge on any atom is 0.331 e.